The van der Waals surface area contributed by atoms with Crippen molar-refractivity contribution in [3.05, 3.63) is 88.4 Å². The molecule has 5 nitrogen and oxygen atoms in total. The summed E-state index contributed by atoms with van der Waals surface area (Å²) in [4.78, 5) is 12.7. The Kier molecular flexibility index (Phi) is 4.95. The number of rotatable bonds is 4. The largest absolute Gasteiger partial charge is 0.322 e. The van der Waals surface area contributed by atoms with E-state index in [4.69, 9.17) is 0 Å². The maximum atomic E-state index is 13.2. The van der Waals surface area contributed by atoms with Crippen LogP contribution < -0.4 is 9.62 Å². The van der Waals surface area contributed by atoms with Crippen LogP contribution in [0.4, 0.5) is 11.4 Å². The van der Waals surface area contributed by atoms with Gasteiger partial charge in [0.25, 0.3) is 15.9 Å². The monoisotopic (exact) mass is 456 g/mol. The van der Waals surface area contributed by atoms with Crippen LogP contribution in [0.25, 0.3) is 0 Å². The van der Waals surface area contributed by atoms with Gasteiger partial charge in [0.15, 0.2) is 0 Å². The Labute approximate surface area is 172 Å². The van der Waals surface area contributed by atoms with E-state index in [0.29, 0.717) is 24.3 Å². The highest BCUT2D eigenvalue weighted by molar-refractivity contribution is 9.10. The van der Waals surface area contributed by atoms with Crippen LogP contribution in [0, 0.1) is 0 Å². The number of fused-ring (bicyclic) bond motifs is 1. The van der Waals surface area contributed by atoms with Crippen molar-refractivity contribution in [2.24, 2.45) is 0 Å². The summed E-state index contributed by atoms with van der Waals surface area (Å²) in [5, 5.41) is 2.79. The molecule has 28 heavy (non-hydrogen) atoms. The van der Waals surface area contributed by atoms with E-state index < -0.39 is 10.0 Å². The van der Waals surface area contributed by atoms with Crippen molar-refractivity contribution in [1.82, 2.24) is 0 Å². The van der Waals surface area contributed by atoms with E-state index in [1.807, 2.05) is 36.4 Å². The molecule has 1 heterocycles. The standard InChI is InChI=1S/C21H17BrN2O3S/c22-17-7-4-8-18(14-17)23-21(25)16-6-3-9-19(13-16)28(26,27)24-12-11-15-5-1-2-10-20(15)24/h1-10,13-14H,11-12H2,(H,23,25). The number of para-hydroxylation sites is 1. The predicted octanol–water partition coefficient (Wildman–Crippen LogP) is 4.45. The molecule has 0 atom stereocenters. The lowest BCUT2D eigenvalue weighted by atomic mass is 10.2. The highest BCUT2D eigenvalue weighted by atomic mass is 79.9. The van der Waals surface area contributed by atoms with Crippen molar-refractivity contribution in [3.63, 3.8) is 0 Å². The van der Waals surface area contributed by atoms with Gasteiger partial charge in [0, 0.05) is 22.3 Å². The second kappa shape index (κ2) is 7.41. The van der Waals surface area contributed by atoms with E-state index in [2.05, 4.69) is 21.2 Å². The summed E-state index contributed by atoms with van der Waals surface area (Å²) in [6.45, 7) is 0.399. The van der Waals surface area contributed by atoms with Crippen molar-refractivity contribution in [2.75, 3.05) is 16.2 Å². The first-order valence-corrected chi connectivity index (χ1v) is 11.0. The number of sulfonamides is 1. The molecule has 0 saturated carbocycles. The van der Waals surface area contributed by atoms with Crippen molar-refractivity contribution < 1.29 is 13.2 Å². The molecule has 1 N–H and O–H groups in total. The number of nitrogens with zero attached hydrogens (tertiary/aromatic N) is 1. The fourth-order valence-electron chi connectivity index (χ4n) is 3.25. The Morgan fingerprint density at radius 2 is 1.75 bits per heavy atom. The molecule has 0 unspecified atom stereocenters. The van der Waals surface area contributed by atoms with Crippen LogP contribution in [0.2, 0.25) is 0 Å². The summed E-state index contributed by atoms with van der Waals surface area (Å²) in [5.41, 5.74) is 2.62. The first kappa shape index (κ1) is 18.7. The zero-order chi connectivity index (χ0) is 19.7. The number of halogens is 1. The summed E-state index contributed by atoms with van der Waals surface area (Å²) in [5.74, 6) is -0.364. The lowest BCUT2D eigenvalue weighted by Gasteiger charge is -2.20. The van der Waals surface area contributed by atoms with Crippen LogP contribution in [-0.4, -0.2) is 20.9 Å². The van der Waals surface area contributed by atoms with Gasteiger partial charge in [-0.2, -0.15) is 0 Å². The van der Waals surface area contributed by atoms with Crippen molar-refractivity contribution in [1.29, 1.82) is 0 Å². The van der Waals surface area contributed by atoms with Crippen LogP contribution in [-0.2, 0) is 16.4 Å². The Bertz CT molecular complexity index is 1160. The van der Waals surface area contributed by atoms with E-state index in [-0.39, 0.29) is 16.4 Å². The highest BCUT2D eigenvalue weighted by Crippen LogP contribution is 2.32. The number of hydrogen-bond donors (Lipinski definition) is 1. The molecule has 0 aromatic heterocycles. The zero-order valence-corrected chi connectivity index (χ0v) is 17.2. The number of hydrogen-bond acceptors (Lipinski definition) is 3. The Balaban J connectivity index is 1.62. The molecule has 0 saturated heterocycles. The Morgan fingerprint density at radius 1 is 0.964 bits per heavy atom. The average Bonchev–Trinajstić information content (AvgIpc) is 3.13. The molecule has 1 aliphatic heterocycles. The molecule has 0 radical (unpaired) electrons. The van der Waals surface area contributed by atoms with Gasteiger partial charge in [-0.1, -0.05) is 46.3 Å². The molecule has 0 aliphatic carbocycles. The molecule has 142 valence electrons. The Morgan fingerprint density at radius 3 is 2.57 bits per heavy atom. The molecule has 4 rings (SSSR count). The minimum absolute atomic E-state index is 0.103. The number of nitrogens with one attached hydrogen (secondary N) is 1. The van der Waals surface area contributed by atoms with Crippen LogP contribution >= 0.6 is 15.9 Å². The van der Waals surface area contributed by atoms with Gasteiger partial charge < -0.3 is 5.32 Å². The normalized spacial score (nSPS) is 13.2. The summed E-state index contributed by atoms with van der Waals surface area (Å²) >= 11 is 3.36. The summed E-state index contributed by atoms with van der Waals surface area (Å²) in [6.07, 6.45) is 0.679. The third-order valence-electron chi connectivity index (χ3n) is 4.61. The minimum Gasteiger partial charge on any atom is -0.322 e. The van der Waals surface area contributed by atoms with E-state index in [0.717, 1.165) is 10.0 Å². The van der Waals surface area contributed by atoms with E-state index in [1.54, 1.807) is 24.3 Å². The number of carbonyl (C=O) groups is 1. The number of carbonyl (C=O) groups excluding carboxylic acids is 1. The fourth-order valence-corrected chi connectivity index (χ4v) is 5.20. The lowest BCUT2D eigenvalue weighted by Crippen LogP contribution is -2.29. The average molecular weight is 457 g/mol. The molecule has 3 aromatic carbocycles. The van der Waals surface area contributed by atoms with Gasteiger partial charge >= 0.3 is 0 Å². The molecule has 3 aromatic rings. The van der Waals surface area contributed by atoms with Crippen LogP contribution in [0.3, 0.4) is 0 Å². The second-order valence-corrected chi connectivity index (χ2v) is 9.23. The number of amides is 1. The van der Waals surface area contributed by atoms with Gasteiger partial charge in [0.2, 0.25) is 0 Å². The van der Waals surface area contributed by atoms with Crippen molar-refractivity contribution >= 4 is 43.2 Å². The van der Waals surface area contributed by atoms with Gasteiger partial charge in [0.1, 0.15) is 0 Å². The molecule has 7 heteroatoms. The first-order valence-electron chi connectivity index (χ1n) is 8.73. The topological polar surface area (TPSA) is 66.5 Å². The molecule has 0 fully saturated rings. The molecule has 0 bridgehead atoms. The highest BCUT2D eigenvalue weighted by Gasteiger charge is 2.30. The summed E-state index contributed by atoms with van der Waals surface area (Å²) < 4.78 is 28.6. The van der Waals surface area contributed by atoms with Gasteiger partial charge in [-0.05, 0) is 54.4 Å². The molecular weight excluding hydrogens is 440 g/mol. The minimum atomic E-state index is -3.74. The Hall–Kier alpha value is -2.64. The van der Waals surface area contributed by atoms with Gasteiger partial charge in [-0.15, -0.1) is 0 Å². The molecular formula is C21H17BrN2O3S. The zero-order valence-electron chi connectivity index (χ0n) is 14.8. The number of benzene rings is 3. The molecule has 1 amide bonds. The quantitative estimate of drug-likeness (QED) is 0.630. The van der Waals surface area contributed by atoms with Gasteiger partial charge in [0.05, 0.1) is 10.6 Å². The van der Waals surface area contributed by atoms with E-state index in [1.165, 1.54) is 16.4 Å². The maximum Gasteiger partial charge on any atom is 0.264 e. The third-order valence-corrected chi connectivity index (χ3v) is 6.91. The van der Waals surface area contributed by atoms with Gasteiger partial charge in [-0.25, -0.2) is 8.42 Å². The summed E-state index contributed by atoms with van der Waals surface area (Å²) in [6, 6.07) is 20.8. The van der Waals surface area contributed by atoms with E-state index >= 15 is 0 Å². The predicted molar refractivity (Wildman–Crippen MR) is 113 cm³/mol. The van der Waals surface area contributed by atoms with Crippen molar-refractivity contribution in [3.8, 4) is 0 Å². The van der Waals surface area contributed by atoms with Crippen LogP contribution in [0.5, 0.6) is 0 Å². The molecule has 1 aliphatic rings. The number of anilines is 2. The van der Waals surface area contributed by atoms with Crippen molar-refractivity contribution in [2.45, 2.75) is 11.3 Å². The SMILES string of the molecule is O=C(Nc1cccc(Br)c1)c1cccc(S(=O)(=O)N2CCc3ccccc32)c1. The fraction of sp³-hybridized carbons (Fsp3) is 0.0952. The van der Waals surface area contributed by atoms with Gasteiger partial charge in [-0.3, -0.25) is 9.10 Å². The van der Waals surface area contributed by atoms with E-state index in [9.17, 15) is 13.2 Å². The smallest absolute Gasteiger partial charge is 0.264 e. The first-order chi connectivity index (χ1) is 13.4. The second-order valence-electron chi connectivity index (χ2n) is 6.45. The van der Waals surface area contributed by atoms with Crippen LogP contribution in [0.15, 0.2) is 82.2 Å². The maximum absolute atomic E-state index is 13.2. The lowest BCUT2D eigenvalue weighted by molar-refractivity contribution is 0.102. The molecule has 0 spiro atoms. The third kappa shape index (κ3) is 3.55. The summed E-state index contributed by atoms with van der Waals surface area (Å²) in [7, 11) is -3.74. The van der Waals surface area contributed by atoms with Crippen LogP contribution in [0.1, 0.15) is 15.9 Å².